The summed E-state index contributed by atoms with van der Waals surface area (Å²) in [5.41, 5.74) is 7.93. The summed E-state index contributed by atoms with van der Waals surface area (Å²) < 4.78 is 0. The van der Waals surface area contributed by atoms with Crippen LogP contribution in [-0.2, 0) is 0 Å². The summed E-state index contributed by atoms with van der Waals surface area (Å²) in [7, 11) is 0. The molecule has 0 heterocycles. The Morgan fingerprint density at radius 1 is 0.250 bits per heavy atom. The standard InChI is InChI=1S/C28H40/c1-17-9-25-10-18(17,2)20(4)12-26(25,11-19(17,20)3)28-15-23(7)21(5)13-27(25,28)14-22(21,6)24(23,8)16-28/h9-16H2,1-8H3. The molecule has 7 aliphatic rings. The van der Waals surface area contributed by atoms with Crippen molar-refractivity contribution in [3.63, 3.8) is 0 Å². The van der Waals surface area contributed by atoms with Crippen LogP contribution < -0.4 is 0 Å². The number of rotatable bonds is 0. The first-order valence-corrected chi connectivity index (χ1v) is 12.7. The molecule has 152 valence electrons. The Kier molecular flexibility index (Phi) is 1.60. The lowest BCUT2D eigenvalue weighted by molar-refractivity contribution is -0.374. The molecule has 0 heteroatoms. The second-order valence-electron chi connectivity index (χ2n) is 16.4. The highest BCUT2D eigenvalue weighted by Crippen LogP contribution is 3.16. The van der Waals surface area contributed by atoms with Crippen LogP contribution in [0.5, 0.6) is 0 Å². The molecule has 7 saturated carbocycles. The second kappa shape index (κ2) is 2.85. The van der Waals surface area contributed by atoms with Crippen LogP contribution >= 0.6 is 0 Å². The van der Waals surface area contributed by atoms with E-state index in [9.17, 15) is 0 Å². The van der Waals surface area contributed by atoms with Crippen LogP contribution in [0.2, 0.25) is 0 Å². The van der Waals surface area contributed by atoms with Crippen LogP contribution in [0.25, 0.3) is 0 Å². The summed E-state index contributed by atoms with van der Waals surface area (Å²) in [5.74, 6) is 0. The molecule has 0 unspecified atom stereocenters. The van der Waals surface area contributed by atoms with Crippen LogP contribution in [0.3, 0.4) is 0 Å². The first-order valence-electron chi connectivity index (χ1n) is 12.7. The van der Waals surface area contributed by atoms with Crippen molar-refractivity contribution in [2.45, 2.75) is 107 Å². The van der Waals surface area contributed by atoms with Crippen molar-refractivity contribution >= 4 is 0 Å². The van der Waals surface area contributed by atoms with E-state index < -0.39 is 0 Å². The molecule has 0 nitrogen and oxygen atoms in total. The largest absolute Gasteiger partial charge is 0.0585 e. The Morgan fingerprint density at radius 3 is 0.464 bits per heavy atom. The van der Waals surface area contributed by atoms with E-state index in [0.29, 0.717) is 43.3 Å². The van der Waals surface area contributed by atoms with Crippen molar-refractivity contribution in [3.05, 3.63) is 0 Å². The van der Waals surface area contributed by atoms with Crippen LogP contribution in [0, 0.1) is 65.0 Å². The van der Waals surface area contributed by atoms with Gasteiger partial charge in [0.2, 0.25) is 0 Å². The molecule has 4 spiro atoms. The third-order valence-electron chi connectivity index (χ3n) is 18.6. The van der Waals surface area contributed by atoms with E-state index in [4.69, 9.17) is 0 Å². The Labute approximate surface area is 172 Å². The molecule has 0 atom stereocenters. The van der Waals surface area contributed by atoms with Crippen LogP contribution in [0.4, 0.5) is 0 Å². The normalized spacial score (nSPS) is 90.0. The SMILES string of the molecule is CC12CC34CC1(C)C1(C)CC3(CC21C)C12CC3(C)C5(C)CC41CC5(C)C3(C)C2. The van der Waals surface area contributed by atoms with Crippen LogP contribution in [0.15, 0.2) is 0 Å². The zero-order valence-corrected chi connectivity index (χ0v) is 19.7. The van der Waals surface area contributed by atoms with E-state index in [2.05, 4.69) is 55.4 Å². The minimum atomic E-state index is 0.627. The predicted molar refractivity (Wildman–Crippen MR) is 112 cm³/mol. The zero-order valence-electron chi connectivity index (χ0n) is 19.7. The summed E-state index contributed by atoms with van der Waals surface area (Å²) in [6, 6.07) is 0. The number of hydrogen-bond donors (Lipinski definition) is 0. The van der Waals surface area contributed by atoms with E-state index in [-0.39, 0.29) is 0 Å². The maximum Gasteiger partial charge on any atom is -0.0161 e. The third kappa shape index (κ3) is 0.668. The Hall–Kier alpha value is 0. The van der Waals surface area contributed by atoms with E-state index in [1.165, 1.54) is 0 Å². The quantitative estimate of drug-likeness (QED) is 0.418. The molecule has 0 aliphatic heterocycles. The molecule has 0 radical (unpaired) electrons. The van der Waals surface area contributed by atoms with Gasteiger partial charge in [0.05, 0.1) is 0 Å². The summed E-state index contributed by atoms with van der Waals surface area (Å²) >= 11 is 0. The van der Waals surface area contributed by atoms with Crippen molar-refractivity contribution < 1.29 is 0 Å². The van der Waals surface area contributed by atoms with E-state index in [1.54, 1.807) is 51.4 Å². The molecule has 0 amide bonds. The molecule has 0 bridgehead atoms. The topological polar surface area (TPSA) is 0 Å². The minimum Gasteiger partial charge on any atom is -0.0585 e. The zero-order chi connectivity index (χ0) is 19.7. The molecule has 0 aromatic rings. The minimum absolute atomic E-state index is 0.627. The van der Waals surface area contributed by atoms with Crippen molar-refractivity contribution in [2.75, 3.05) is 0 Å². The Balaban J connectivity index is 1.40. The van der Waals surface area contributed by atoms with E-state index >= 15 is 0 Å². The van der Waals surface area contributed by atoms with Crippen LogP contribution in [-0.4, -0.2) is 0 Å². The highest BCUT2D eigenvalue weighted by atomic mass is 15.1. The number of hydrogen-bond acceptors (Lipinski definition) is 0. The predicted octanol–water partition coefficient (Wildman–Crippen LogP) is 7.23. The lowest BCUT2D eigenvalue weighted by atomic mass is 9.19. The summed E-state index contributed by atoms with van der Waals surface area (Å²) in [5, 5.41) is 0. The van der Waals surface area contributed by atoms with Gasteiger partial charge in [-0.2, -0.15) is 0 Å². The van der Waals surface area contributed by atoms with Gasteiger partial charge in [-0.3, -0.25) is 0 Å². The number of fused-ring (bicyclic) bond motifs is 12. The van der Waals surface area contributed by atoms with Crippen molar-refractivity contribution in [1.82, 2.24) is 0 Å². The summed E-state index contributed by atoms with van der Waals surface area (Å²) in [4.78, 5) is 0. The van der Waals surface area contributed by atoms with Crippen molar-refractivity contribution in [1.29, 1.82) is 0 Å². The van der Waals surface area contributed by atoms with Gasteiger partial charge < -0.3 is 0 Å². The van der Waals surface area contributed by atoms with Crippen molar-refractivity contribution in [3.8, 4) is 0 Å². The summed E-state index contributed by atoms with van der Waals surface area (Å²) in [6.45, 7) is 22.2. The van der Waals surface area contributed by atoms with Gasteiger partial charge in [0.25, 0.3) is 0 Å². The van der Waals surface area contributed by atoms with Gasteiger partial charge >= 0.3 is 0 Å². The first kappa shape index (κ1) is 15.8. The molecule has 0 aromatic carbocycles. The molecule has 28 heavy (non-hydrogen) atoms. The molecule has 7 rings (SSSR count). The molecule has 0 aromatic heterocycles. The smallest absolute Gasteiger partial charge is 0.0161 e. The maximum absolute atomic E-state index is 2.77. The van der Waals surface area contributed by atoms with Gasteiger partial charge in [0.1, 0.15) is 0 Å². The maximum atomic E-state index is 2.77. The molecule has 0 N–H and O–H groups in total. The van der Waals surface area contributed by atoms with Gasteiger partial charge in [-0.15, -0.1) is 0 Å². The fourth-order valence-electron chi connectivity index (χ4n) is 17.4. The van der Waals surface area contributed by atoms with Gasteiger partial charge in [0, 0.05) is 0 Å². The summed E-state index contributed by atoms with van der Waals surface area (Å²) in [6.07, 6.45) is 12.9. The fraction of sp³-hybridized carbons (Fsp3) is 1.00. The fourth-order valence-corrected chi connectivity index (χ4v) is 17.4. The second-order valence-corrected chi connectivity index (χ2v) is 16.4. The molecule has 0 saturated heterocycles. The van der Waals surface area contributed by atoms with E-state index in [0.717, 1.165) is 21.7 Å². The Morgan fingerprint density at radius 2 is 0.357 bits per heavy atom. The molecular formula is C28H40. The Bertz CT molecular complexity index is 732. The highest BCUT2D eigenvalue weighted by Gasteiger charge is 3.10. The van der Waals surface area contributed by atoms with Gasteiger partial charge in [0.15, 0.2) is 0 Å². The van der Waals surface area contributed by atoms with Crippen LogP contribution in [0.1, 0.15) is 107 Å². The van der Waals surface area contributed by atoms with Gasteiger partial charge in [-0.05, 0) is 116 Å². The monoisotopic (exact) mass is 376 g/mol. The molecular weight excluding hydrogens is 336 g/mol. The van der Waals surface area contributed by atoms with E-state index in [1.807, 2.05) is 0 Å². The molecule has 7 fully saturated rings. The third-order valence-corrected chi connectivity index (χ3v) is 18.6. The average molecular weight is 377 g/mol. The van der Waals surface area contributed by atoms with Gasteiger partial charge in [-0.25, -0.2) is 0 Å². The highest BCUT2D eigenvalue weighted by molar-refractivity contribution is 5.57. The lowest BCUT2D eigenvalue weighted by Crippen LogP contribution is -2.79. The van der Waals surface area contributed by atoms with Crippen molar-refractivity contribution in [2.24, 2.45) is 65.0 Å². The lowest BCUT2D eigenvalue weighted by Gasteiger charge is -2.85. The molecule has 7 aliphatic carbocycles. The van der Waals surface area contributed by atoms with Gasteiger partial charge in [-0.1, -0.05) is 55.4 Å². The average Bonchev–Trinajstić information content (AvgIpc) is 3.12. The first-order chi connectivity index (χ1) is 12.7.